The first kappa shape index (κ1) is 11.9. The summed E-state index contributed by atoms with van der Waals surface area (Å²) in [7, 11) is 1.82. The summed E-state index contributed by atoms with van der Waals surface area (Å²) in [4.78, 5) is 14.3. The highest BCUT2D eigenvalue weighted by atomic mass is 16.2. The maximum absolute atomic E-state index is 12.4. The molecular weight excluding hydrogens is 214 g/mol. The van der Waals surface area contributed by atoms with Crippen molar-refractivity contribution in [3.05, 3.63) is 30.1 Å². The van der Waals surface area contributed by atoms with Crippen LogP contribution < -0.4 is 0 Å². The fourth-order valence-electron chi connectivity index (χ4n) is 2.31. The molecule has 4 nitrogen and oxygen atoms in total. The molecule has 0 aliphatic carbocycles. The predicted octanol–water partition coefficient (Wildman–Crippen LogP) is 1.77. The number of nitrogens with zero attached hydrogens (tertiary/aromatic N) is 3. The van der Waals surface area contributed by atoms with Crippen LogP contribution >= 0.6 is 0 Å². The number of piperidine rings is 1. The quantitative estimate of drug-likeness (QED) is 0.746. The van der Waals surface area contributed by atoms with E-state index in [1.807, 2.05) is 18.0 Å². The van der Waals surface area contributed by atoms with E-state index in [2.05, 4.69) is 11.7 Å². The molecule has 1 amide bonds. The Morgan fingerprint density at radius 1 is 1.47 bits per heavy atom. The van der Waals surface area contributed by atoms with Crippen LogP contribution in [0.4, 0.5) is 0 Å². The molecule has 1 fully saturated rings. The van der Waals surface area contributed by atoms with Crippen molar-refractivity contribution in [1.82, 2.24) is 14.7 Å². The van der Waals surface area contributed by atoms with Crippen LogP contribution in [-0.4, -0.2) is 33.7 Å². The van der Waals surface area contributed by atoms with E-state index < -0.39 is 0 Å². The van der Waals surface area contributed by atoms with Crippen molar-refractivity contribution >= 4 is 5.91 Å². The summed E-state index contributed by atoms with van der Waals surface area (Å²) in [6, 6.07) is 0. The third kappa shape index (κ3) is 2.40. The minimum Gasteiger partial charge on any atom is -0.337 e. The Morgan fingerprint density at radius 3 is 2.82 bits per heavy atom. The number of hydrogen-bond acceptors (Lipinski definition) is 2. The monoisotopic (exact) mass is 233 g/mol. The van der Waals surface area contributed by atoms with Crippen molar-refractivity contribution in [2.75, 3.05) is 13.1 Å². The molecule has 0 N–H and O–H groups in total. The molecule has 0 unspecified atom stereocenters. The smallest absolute Gasteiger partial charge is 0.272 e. The molecule has 2 rings (SSSR count). The number of aryl methyl sites for hydroxylation is 1. The van der Waals surface area contributed by atoms with E-state index >= 15 is 0 Å². The minimum absolute atomic E-state index is 0.113. The first-order chi connectivity index (χ1) is 8.24. The molecule has 2 heterocycles. The van der Waals surface area contributed by atoms with Crippen LogP contribution in [0, 0.1) is 0 Å². The van der Waals surface area contributed by atoms with Gasteiger partial charge in [0.1, 0.15) is 5.69 Å². The lowest BCUT2D eigenvalue weighted by Crippen LogP contribution is -2.37. The average molecular weight is 233 g/mol. The molecule has 1 aromatic rings. The van der Waals surface area contributed by atoms with Crippen molar-refractivity contribution in [1.29, 1.82) is 0 Å². The predicted molar refractivity (Wildman–Crippen MR) is 66.9 cm³/mol. The van der Waals surface area contributed by atoms with Crippen molar-refractivity contribution < 1.29 is 4.79 Å². The second kappa shape index (κ2) is 5.17. The van der Waals surface area contributed by atoms with Crippen LogP contribution in [0.3, 0.4) is 0 Å². The molecular formula is C13H19N3O. The third-order valence-corrected chi connectivity index (χ3v) is 3.22. The van der Waals surface area contributed by atoms with E-state index in [1.54, 1.807) is 10.9 Å². The molecule has 0 aromatic carbocycles. The standard InChI is InChI=1S/C13H19N3O/c1-3-7-11-10-14-15(2)12(11)13(17)16-8-5-4-6-9-16/h3,10H,1,4-9H2,2H3. The summed E-state index contributed by atoms with van der Waals surface area (Å²) in [5.74, 6) is 0.113. The fourth-order valence-corrected chi connectivity index (χ4v) is 2.31. The summed E-state index contributed by atoms with van der Waals surface area (Å²) >= 11 is 0. The number of rotatable bonds is 3. The van der Waals surface area contributed by atoms with E-state index in [4.69, 9.17) is 0 Å². The highest BCUT2D eigenvalue weighted by Crippen LogP contribution is 2.16. The molecule has 0 saturated carbocycles. The Labute approximate surface area is 102 Å². The Kier molecular flexibility index (Phi) is 3.61. The molecule has 0 spiro atoms. The van der Waals surface area contributed by atoms with Gasteiger partial charge in [0.25, 0.3) is 5.91 Å². The fraction of sp³-hybridized carbons (Fsp3) is 0.538. The van der Waals surface area contributed by atoms with E-state index in [1.165, 1.54) is 6.42 Å². The van der Waals surface area contributed by atoms with Crippen molar-refractivity contribution in [2.45, 2.75) is 25.7 Å². The zero-order chi connectivity index (χ0) is 12.3. The van der Waals surface area contributed by atoms with Crippen LogP contribution in [-0.2, 0) is 13.5 Å². The van der Waals surface area contributed by atoms with Crippen molar-refractivity contribution in [2.24, 2.45) is 7.05 Å². The zero-order valence-electron chi connectivity index (χ0n) is 10.4. The first-order valence-corrected chi connectivity index (χ1v) is 6.15. The number of carbonyl (C=O) groups is 1. The van der Waals surface area contributed by atoms with Gasteiger partial charge in [-0.1, -0.05) is 6.08 Å². The average Bonchev–Trinajstić information content (AvgIpc) is 2.71. The Morgan fingerprint density at radius 2 is 2.18 bits per heavy atom. The highest BCUT2D eigenvalue weighted by molar-refractivity contribution is 5.94. The summed E-state index contributed by atoms with van der Waals surface area (Å²) in [6.07, 6.45) is 7.72. The largest absolute Gasteiger partial charge is 0.337 e. The van der Waals surface area contributed by atoms with Gasteiger partial charge in [0, 0.05) is 25.7 Å². The zero-order valence-corrected chi connectivity index (χ0v) is 10.4. The molecule has 1 aromatic heterocycles. The molecule has 17 heavy (non-hydrogen) atoms. The molecule has 92 valence electrons. The van der Waals surface area contributed by atoms with Gasteiger partial charge in [-0.25, -0.2) is 0 Å². The number of aromatic nitrogens is 2. The number of hydrogen-bond donors (Lipinski definition) is 0. The third-order valence-electron chi connectivity index (χ3n) is 3.22. The van der Waals surface area contributed by atoms with Gasteiger partial charge in [-0.15, -0.1) is 6.58 Å². The number of allylic oxidation sites excluding steroid dienone is 1. The molecule has 1 aliphatic heterocycles. The normalized spacial score (nSPS) is 15.9. The lowest BCUT2D eigenvalue weighted by Gasteiger charge is -2.27. The number of carbonyl (C=O) groups excluding carboxylic acids is 1. The molecule has 0 bridgehead atoms. The Bertz CT molecular complexity index is 416. The molecule has 0 radical (unpaired) electrons. The lowest BCUT2D eigenvalue weighted by molar-refractivity contribution is 0.0712. The lowest BCUT2D eigenvalue weighted by atomic mass is 10.1. The van der Waals surface area contributed by atoms with Gasteiger partial charge in [0.2, 0.25) is 0 Å². The van der Waals surface area contributed by atoms with E-state index in [-0.39, 0.29) is 5.91 Å². The minimum atomic E-state index is 0.113. The van der Waals surface area contributed by atoms with Crippen LogP contribution in [0.2, 0.25) is 0 Å². The van der Waals surface area contributed by atoms with Gasteiger partial charge in [-0.3, -0.25) is 9.48 Å². The van der Waals surface area contributed by atoms with Gasteiger partial charge in [-0.2, -0.15) is 5.10 Å². The number of likely N-dealkylation sites (tertiary alicyclic amines) is 1. The second-order valence-corrected chi connectivity index (χ2v) is 4.49. The molecule has 4 heteroatoms. The van der Waals surface area contributed by atoms with Crippen LogP contribution in [0.25, 0.3) is 0 Å². The maximum atomic E-state index is 12.4. The van der Waals surface area contributed by atoms with Crippen LogP contribution in [0.15, 0.2) is 18.9 Å². The van der Waals surface area contributed by atoms with Gasteiger partial charge in [0.05, 0.1) is 6.20 Å². The second-order valence-electron chi connectivity index (χ2n) is 4.49. The van der Waals surface area contributed by atoms with Gasteiger partial charge in [-0.05, 0) is 25.7 Å². The van der Waals surface area contributed by atoms with E-state index in [0.717, 1.165) is 31.5 Å². The van der Waals surface area contributed by atoms with E-state index in [0.29, 0.717) is 12.1 Å². The molecule has 1 aliphatic rings. The van der Waals surface area contributed by atoms with Crippen molar-refractivity contribution in [3.8, 4) is 0 Å². The van der Waals surface area contributed by atoms with Gasteiger partial charge >= 0.3 is 0 Å². The summed E-state index contributed by atoms with van der Waals surface area (Å²) in [5, 5.41) is 4.17. The first-order valence-electron chi connectivity index (χ1n) is 6.15. The SMILES string of the molecule is C=CCc1cnn(C)c1C(=O)N1CCCCC1. The summed E-state index contributed by atoms with van der Waals surface area (Å²) in [6.45, 7) is 5.46. The van der Waals surface area contributed by atoms with Gasteiger partial charge < -0.3 is 4.90 Å². The number of amides is 1. The van der Waals surface area contributed by atoms with E-state index in [9.17, 15) is 4.79 Å². The van der Waals surface area contributed by atoms with Gasteiger partial charge in [0.15, 0.2) is 0 Å². The maximum Gasteiger partial charge on any atom is 0.272 e. The summed E-state index contributed by atoms with van der Waals surface area (Å²) < 4.78 is 1.68. The van der Waals surface area contributed by atoms with Crippen LogP contribution in [0.1, 0.15) is 35.3 Å². The molecule has 1 saturated heterocycles. The van der Waals surface area contributed by atoms with Crippen molar-refractivity contribution in [3.63, 3.8) is 0 Å². The summed E-state index contributed by atoms with van der Waals surface area (Å²) in [5.41, 5.74) is 1.69. The Balaban J connectivity index is 2.22. The topological polar surface area (TPSA) is 38.1 Å². The highest BCUT2D eigenvalue weighted by Gasteiger charge is 2.23. The van der Waals surface area contributed by atoms with Crippen LogP contribution in [0.5, 0.6) is 0 Å². The molecule has 0 atom stereocenters. The Hall–Kier alpha value is -1.58.